The standard InChI is InChI=1S/C19H24N6/c1(5-24-10-15-7-20-8-16(15)11-24)2-14-9-21-19-4-3-17(6-18(14)19)25-12-22-23-13-25/h3-4,6,9,12-13,15-16,20-21H,1-2,5,7-8,10-11H2. The highest BCUT2D eigenvalue weighted by Gasteiger charge is 2.35. The van der Waals surface area contributed by atoms with E-state index >= 15 is 0 Å². The molecule has 2 fully saturated rings. The largest absolute Gasteiger partial charge is 0.361 e. The Bertz CT molecular complexity index is 840. The summed E-state index contributed by atoms with van der Waals surface area (Å²) in [6.07, 6.45) is 7.99. The van der Waals surface area contributed by atoms with Crippen LogP contribution in [0.25, 0.3) is 16.6 Å². The molecule has 0 bridgehead atoms. The second kappa shape index (κ2) is 6.28. The van der Waals surface area contributed by atoms with Crippen molar-refractivity contribution in [3.05, 3.63) is 42.6 Å². The minimum absolute atomic E-state index is 0.888. The Morgan fingerprint density at radius 1 is 1.08 bits per heavy atom. The Morgan fingerprint density at radius 3 is 2.68 bits per heavy atom. The second-order valence-corrected chi connectivity index (χ2v) is 7.45. The van der Waals surface area contributed by atoms with Gasteiger partial charge in [0.2, 0.25) is 0 Å². The molecular weight excluding hydrogens is 312 g/mol. The van der Waals surface area contributed by atoms with Crippen molar-refractivity contribution in [3.63, 3.8) is 0 Å². The number of nitrogens with one attached hydrogen (secondary N) is 2. The number of hydrogen-bond acceptors (Lipinski definition) is 4. The number of benzene rings is 1. The normalized spacial score (nSPS) is 23.5. The maximum absolute atomic E-state index is 3.90. The maximum Gasteiger partial charge on any atom is 0.123 e. The van der Waals surface area contributed by atoms with E-state index in [9.17, 15) is 0 Å². The average molecular weight is 336 g/mol. The molecule has 1 aromatic carbocycles. The van der Waals surface area contributed by atoms with E-state index in [0.717, 1.165) is 23.9 Å². The van der Waals surface area contributed by atoms with Crippen LogP contribution in [-0.4, -0.2) is 57.4 Å². The maximum atomic E-state index is 3.90. The average Bonchev–Trinajstić information content (AvgIpc) is 3.39. The monoisotopic (exact) mass is 336 g/mol. The van der Waals surface area contributed by atoms with E-state index in [2.05, 4.69) is 49.8 Å². The van der Waals surface area contributed by atoms with E-state index in [0.29, 0.717) is 0 Å². The number of aromatic nitrogens is 4. The van der Waals surface area contributed by atoms with Crippen molar-refractivity contribution in [1.29, 1.82) is 0 Å². The van der Waals surface area contributed by atoms with Crippen LogP contribution in [0.15, 0.2) is 37.1 Å². The molecule has 4 heterocycles. The van der Waals surface area contributed by atoms with Crippen molar-refractivity contribution in [2.24, 2.45) is 11.8 Å². The summed E-state index contributed by atoms with van der Waals surface area (Å²) in [6.45, 7) is 6.21. The SMILES string of the molecule is c1cc2[nH]cc(CCCN3CC4CNCC4C3)c2cc1-n1cnnc1. The third-order valence-corrected chi connectivity index (χ3v) is 5.85. The van der Waals surface area contributed by atoms with Gasteiger partial charge in [0, 0.05) is 35.9 Å². The molecule has 25 heavy (non-hydrogen) atoms. The number of aryl methyl sites for hydroxylation is 1. The van der Waals surface area contributed by atoms with Gasteiger partial charge in [0.1, 0.15) is 12.7 Å². The van der Waals surface area contributed by atoms with Crippen LogP contribution in [0.5, 0.6) is 0 Å². The molecule has 2 aliphatic heterocycles. The molecule has 3 aromatic rings. The van der Waals surface area contributed by atoms with Gasteiger partial charge < -0.3 is 15.2 Å². The van der Waals surface area contributed by atoms with Gasteiger partial charge in [-0.05, 0) is 68.1 Å². The smallest absolute Gasteiger partial charge is 0.123 e. The zero-order valence-electron chi connectivity index (χ0n) is 14.4. The number of rotatable bonds is 5. The molecule has 130 valence electrons. The van der Waals surface area contributed by atoms with Gasteiger partial charge in [0.25, 0.3) is 0 Å². The summed E-state index contributed by atoms with van der Waals surface area (Å²) in [5, 5.41) is 12.6. The van der Waals surface area contributed by atoms with Gasteiger partial charge in [-0.2, -0.15) is 0 Å². The Morgan fingerprint density at radius 2 is 1.88 bits per heavy atom. The third kappa shape index (κ3) is 2.85. The van der Waals surface area contributed by atoms with Crippen molar-refractivity contribution in [2.75, 3.05) is 32.7 Å². The quantitative estimate of drug-likeness (QED) is 0.746. The lowest BCUT2D eigenvalue weighted by Gasteiger charge is -2.16. The van der Waals surface area contributed by atoms with Crippen LogP contribution in [0, 0.1) is 11.8 Å². The van der Waals surface area contributed by atoms with E-state index in [1.807, 2.05) is 4.57 Å². The Kier molecular flexibility index (Phi) is 3.79. The first-order chi connectivity index (χ1) is 12.4. The molecule has 0 radical (unpaired) electrons. The number of hydrogen-bond donors (Lipinski definition) is 2. The minimum atomic E-state index is 0.888. The van der Waals surface area contributed by atoms with Crippen molar-refractivity contribution in [3.8, 4) is 5.69 Å². The highest BCUT2D eigenvalue weighted by atomic mass is 15.2. The molecule has 2 aromatic heterocycles. The van der Waals surface area contributed by atoms with Crippen molar-refractivity contribution in [2.45, 2.75) is 12.8 Å². The summed E-state index contributed by atoms with van der Waals surface area (Å²) < 4.78 is 1.95. The number of fused-ring (bicyclic) bond motifs is 2. The molecule has 2 aliphatic rings. The van der Waals surface area contributed by atoms with Crippen LogP contribution in [-0.2, 0) is 6.42 Å². The summed E-state index contributed by atoms with van der Waals surface area (Å²) >= 11 is 0. The number of H-pyrrole nitrogens is 1. The lowest BCUT2D eigenvalue weighted by molar-refractivity contribution is 0.309. The Hall–Kier alpha value is -2.18. The molecule has 6 heteroatoms. The highest BCUT2D eigenvalue weighted by Crippen LogP contribution is 2.27. The van der Waals surface area contributed by atoms with Crippen molar-refractivity contribution >= 4 is 10.9 Å². The fourth-order valence-electron chi connectivity index (χ4n) is 4.50. The van der Waals surface area contributed by atoms with Crippen LogP contribution in [0.3, 0.4) is 0 Å². The zero-order chi connectivity index (χ0) is 16.6. The van der Waals surface area contributed by atoms with E-state index in [-0.39, 0.29) is 0 Å². The lowest BCUT2D eigenvalue weighted by Crippen LogP contribution is -2.26. The molecule has 0 amide bonds. The van der Waals surface area contributed by atoms with Crippen molar-refractivity contribution < 1.29 is 0 Å². The minimum Gasteiger partial charge on any atom is -0.361 e. The van der Waals surface area contributed by atoms with Gasteiger partial charge >= 0.3 is 0 Å². The van der Waals surface area contributed by atoms with Crippen LogP contribution >= 0.6 is 0 Å². The summed E-state index contributed by atoms with van der Waals surface area (Å²) in [7, 11) is 0. The predicted octanol–water partition coefficient (Wildman–Crippen LogP) is 1.83. The van der Waals surface area contributed by atoms with Gasteiger partial charge in [-0.3, -0.25) is 4.57 Å². The molecule has 2 atom stereocenters. The molecule has 2 unspecified atom stereocenters. The molecule has 6 nitrogen and oxygen atoms in total. The predicted molar refractivity (Wildman–Crippen MR) is 97.8 cm³/mol. The van der Waals surface area contributed by atoms with Gasteiger partial charge in [-0.1, -0.05) is 0 Å². The fraction of sp³-hybridized carbons (Fsp3) is 0.474. The van der Waals surface area contributed by atoms with E-state index in [4.69, 9.17) is 0 Å². The van der Waals surface area contributed by atoms with Crippen LogP contribution in [0.4, 0.5) is 0 Å². The van der Waals surface area contributed by atoms with Crippen LogP contribution in [0.1, 0.15) is 12.0 Å². The molecule has 0 spiro atoms. The highest BCUT2D eigenvalue weighted by molar-refractivity contribution is 5.85. The van der Waals surface area contributed by atoms with Crippen molar-refractivity contribution in [1.82, 2.24) is 30.0 Å². The Labute approximate surface area is 147 Å². The molecular formula is C19H24N6. The molecule has 0 saturated carbocycles. The summed E-state index contributed by atoms with van der Waals surface area (Å²) in [4.78, 5) is 6.07. The lowest BCUT2D eigenvalue weighted by atomic mass is 10.0. The van der Waals surface area contributed by atoms with Gasteiger partial charge in [0.15, 0.2) is 0 Å². The summed E-state index contributed by atoms with van der Waals surface area (Å²) in [5.41, 5.74) is 3.72. The zero-order valence-corrected chi connectivity index (χ0v) is 14.4. The van der Waals surface area contributed by atoms with E-state index < -0.39 is 0 Å². The summed E-state index contributed by atoms with van der Waals surface area (Å²) in [6, 6.07) is 6.47. The van der Waals surface area contributed by atoms with Gasteiger partial charge in [-0.25, -0.2) is 0 Å². The Balaban J connectivity index is 1.26. The molecule has 2 N–H and O–H groups in total. The van der Waals surface area contributed by atoms with Crippen LogP contribution < -0.4 is 5.32 Å². The van der Waals surface area contributed by atoms with Gasteiger partial charge in [-0.15, -0.1) is 10.2 Å². The topological polar surface area (TPSA) is 61.8 Å². The molecule has 2 saturated heterocycles. The number of likely N-dealkylation sites (tertiary alicyclic amines) is 1. The third-order valence-electron chi connectivity index (χ3n) is 5.85. The fourth-order valence-corrected chi connectivity index (χ4v) is 4.50. The van der Waals surface area contributed by atoms with Crippen LogP contribution in [0.2, 0.25) is 0 Å². The number of aromatic amines is 1. The first-order valence-electron chi connectivity index (χ1n) is 9.25. The molecule has 0 aliphatic carbocycles. The molecule has 5 rings (SSSR count). The first kappa shape index (κ1) is 15.1. The summed E-state index contributed by atoms with van der Waals surface area (Å²) in [5.74, 6) is 1.78. The second-order valence-electron chi connectivity index (χ2n) is 7.45. The van der Waals surface area contributed by atoms with Gasteiger partial charge in [0.05, 0.1) is 0 Å². The van der Waals surface area contributed by atoms with E-state index in [1.165, 1.54) is 55.6 Å². The van der Waals surface area contributed by atoms with E-state index in [1.54, 1.807) is 12.7 Å². The first-order valence-corrected chi connectivity index (χ1v) is 9.25. The number of nitrogens with zero attached hydrogens (tertiary/aromatic N) is 4.